The fraction of sp³-hybridized carbons (Fsp3) is 0.267. The highest BCUT2D eigenvalue weighted by atomic mass is 32.1. The van der Waals surface area contributed by atoms with Crippen LogP contribution in [0.5, 0.6) is 0 Å². The van der Waals surface area contributed by atoms with E-state index in [9.17, 15) is 18.0 Å². The molecule has 2 aromatic rings. The van der Waals surface area contributed by atoms with Gasteiger partial charge in [0.2, 0.25) is 11.0 Å². The minimum atomic E-state index is -4.37. The van der Waals surface area contributed by atoms with Crippen molar-refractivity contribution in [3.8, 4) is 0 Å². The molecule has 1 N–H and O–H groups in total. The van der Waals surface area contributed by atoms with Gasteiger partial charge in [0.25, 0.3) is 0 Å². The molecule has 1 aromatic heterocycles. The van der Waals surface area contributed by atoms with Crippen LogP contribution in [0.3, 0.4) is 0 Å². The number of alkyl halides is 3. The second-order valence-electron chi connectivity index (χ2n) is 4.69. The van der Waals surface area contributed by atoms with E-state index in [1.54, 1.807) is 0 Å². The van der Waals surface area contributed by atoms with Crippen LogP contribution in [0.15, 0.2) is 30.3 Å². The smallest absolute Gasteiger partial charge is 0.297 e. The lowest BCUT2D eigenvalue weighted by Gasteiger charge is -2.05. The highest BCUT2D eigenvalue weighted by Crippen LogP contribution is 2.29. The number of nitrogens with zero attached hydrogens (tertiary/aromatic N) is 2. The summed E-state index contributed by atoms with van der Waals surface area (Å²) in [6.45, 7) is 2.02. The Morgan fingerprint density at radius 3 is 2.57 bits per heavy atom. The van der Waals surface area contributed by atoms with Crippen LogP contribution < -0.4 is 5.32 Å². The summed E-state index contributed by atoms with van der Waals surface area (Å²) in [6, 6.07) is 4.55. The summed E-state index contributed by atoms with van der Waals surface area (Å²) in [6.07, 6.45) is 0.0476. The highest BCUT2D eigenvalue weighted by Gasteiger charge is 2.29. The van der Waals surface area contributed by atoms with Gasteiger partial charge in [-0.1, -0.05) is 30.4 Å². The maximum atomic E-state index is 12.4. The first-order chi connectivity index (χ1) is 10.9. The molecule has 0 radical (unpaired) electrons. The number of hydrogen-bond acceptors (Lipinski definition) is 4. The van der Waals surface area contributed by atoms with E-state index in [1.807, 2.05) is 6.92 Å². The first kappa shape index (κ1) is 17.1. The number of carbonyl (C=O) groups is 1. The molecule has 0 aliphatic rings. The molecule has 0 atom stereocenters. The van der Waals surface area contributed by atoms with E-state index in [4.69, 9.17) is 0 Å². The number of hydrogen-bond donors (Lipinski definition) is 1. The summed E-state index contributed by atoms with van der Waals surface area (Å²) in [4.78, 5) is 11.7. The van der Waals surface area contributed by atoms with Crippen LogP contribution in [-0.4, -0.2) is 16.1 Å². The summed E-state index contributed by atoms with van der Waals surface area (Å²) >= 11 is 1.30. The van der Waals surface area contributed by atoms with Crippen LogP contribution in [0.4, 0.5) is 18.3 Å². The Morgan fingerprint density at radius 1 is 1.26 bits per heavy atom. The average molecular weight is 341 g/mol. The van der Waals surface area contributed by atoms with E-state index in [-0.39, 0.29) is 0 Å². The van der Waals surface area contributed by atoms with Crippen molar-refractivity contribution in [3.05, 3.63) is 46.5 Å². The van der Waals surface area contributed by atoms with Gasteiger partial charge in [0.05, 0.1) is 5.56 Å². The number of anilines is 1. The van der Waals surface area contributed by atoms with Gasteiger partial charge in [-0.05, 0) is 30.2 Å². The van der Waals surface area contributed by atoms with Crippen LogP contribution in [0, 0.1) is 0 Å². The van der Waals surface area contributed by atoms with E-state index < -0.39 is 17.6 Å². The molecule has 0 fully saturated rings. The summed E-state index contributed by atoms with van der Waals surface area (Å²) in [7, 11) is 0. The fourth-order valence-electron chi connectivity index (χ4n) is 1.72. The topological polar surface area (TPSA) is 54.9 Å². The van der Waals surface area contributed by atoms with E-state index in [0.29, 0.717) is 10.7 Å². The third-order valence-corrected chi connectivity index (χ3v) is 3.72. The number of rotatable bonds is 5. The number of nitrogens with one attached hydrogen (secondary N) is 1. The van der Waals surface area contributed by atoms with Gasteiger partial charge in [-0.15, -0.1) is 10.2 Å². The minimum Gasteiger partial charge on any atom is -0.297 e. The predicted octanol–water partition coefficient (Wildman–Crippen LogP) is 4.16. The number of carbonyl (C=O) groups excluding carboxylic acids is 1. The number of benzene rings is 1. The number of halogens is 3. The van der Waals surface area contributed by atoms with Gasteiger partial charge < -0.3 is 0 Å². The van der Waals surface area contributed by atoms with Crippen molar-refractivity contribution in [1.82, 2.24) is 10.2 Å². The van der Waals surface area contributed by atoms with Crippen LogP contribution in [0.2, 0.25) is 0 Å². The predicted molar refractivity (Wildman–Crippen MR) is 83.0 cm³/mol. The largest absolute Gasteiger partial charge is 0.416 e. The summed E-state index contributed by atoms with van der Waals surface area (Å²) in [5, 5.41) is 11.6. The minimum absolute atomic E-state index is 0.399. The molecular weight excluding hydrogens is 327 g/mol. The first-order valence-corrected chi connectivity index (χ1v) is 7.69. The molecule has 0 aliphatic heterocycles. The van der Waals surface area contributed by atoms with E-state index in [1.165, 1.54) is 35.6 Å². The third-order valence-electron chi connectivity index (χ3n) is 2.83. The van der Waals surface area contributed by atoms with E-state index in [2.05, 4.69) is 15.5 Å². The van der Waals surface area contributed by atoms with Crippen molar-refractivity contribution in [2.45, 2.75) is 25.9 Å². The van der Waals surface area contributed by atoms with Gasteiger partial charge in [0.15, 0.2) is 0 Å². The molecule has 1 heterocycles. The van der Waals surface area contributed by atoms with Gasteiger partial charge >= 0.3 is 6.18 Å². The molecule has 23 heavy (non-hydrogen) atoms. The van der Waals surface area contributed by atoms with Crippen LogP contribution in [-0.2, 0) is 17.4 Å². The molecule has 4 nitrogen and oxygen atoms in total. The van der Waals surface area contributed by atoms with Gasteiger partial charge in [0, 0.05) is 12.5 Å². The molecular formula is C15H14F3N3OS. The van der Waals surface area contributed by atoms with Crippen molar-refractivity contribution in [2.24, 2.45) is 0 Å². The third kappa shape index (κ3) is 5.17. The molecule has 1 amide bonds. The summed E-state index contributed by atoms with van der Waals surface area (Å²) < 4.78 is 37.3. The quantitative estimate of drug-likeness (QED) is 0.831. The van der Waals surface area contributed by atoms with Crippen molar-refractivity contribution >= 4 is 28.5 Å². The molecule has 122 valence electrons. The molecule has 2 rings (SSSR count). The molecule has 0 spiro atoms. The monoisotopic (exact) mass is 341 g/mol. The van der Waals surface area contributed by atoms with Gasteiger partial charge in [-0.25, -0.2) is 0 Å². The zero-order valence-electron chi connectivity index (χ0n) is 12.2. The van der Waals surface area contributed by atoms with Crippen LogP contribution in [0.1, 0.15) is 29.5 Å². The first-order valence-electron chi connectivity index (χ1n) is 6.87. The Hall–Kier alpha value is -2.22. The SMILES string of the molecule is CCCc1nnc(NC(=O)/C=C/c2ccc(C(F)(F)F)cc2)s1. The van der Waals surface area contributed by atoms with Crippen molar-refractivity contribution in [3.63, 3.8) is 0 Å². The van der Waals surface area contributed by atoms with Gasteiger partial charge in [-0.2, -0.15) is 13.2 Å². The van der Waals surface area contributed by atoms with Crippen molar-refractivity contribution in [1.29, 1.82) is 0 Å². The molecule has 0 unspecified atom stereocenters. The van der Waals surface area contributed by atoms with Crippen molar-refractivity contribution < 1.29 is 18.0 Å². The number of amides is 1. The zero-order chi connectivity index (χ0) is 16.9. The Labute approximate surface area is 135 Å². The Balaban J connectivity index is 1.95. The Kier molecular flexibility index (Phi) is 5.49. The Bertz CT molecular complexity index is 693. The molecule has 0 bridgehead atoms. The lowest BCUT2D eigenvalue weighted by atomic mass is 10.1. The second-order valence-corrected chi connectivity index (χ2v) is 5.76. The van der Waals surface area contributed by atoms with Gasteiger partial charge in [-0.3, -0.25) is 10.1 Å². The average Bonchev–Trinajstić information content (AvgIpc) is 2.92. The number of aromatic nitrogens is 2. The maximum Gasteiger partial charge on any atom is 0.416 e. The van der Waals surface area contributed by atoms with Crippen LogP contribution in [0.25, 0.3) is 6.08 Å². The van der Waals surface area contributed by atoms with E-state index >= 15 is 0 Å². The fourth-order valence-corrected chi connectivity index (χ4v) is 2.57. The molecule has 1 aromatic carbocycles. The van der Waals surface area contributed by atoms with Crippen molar-refractivity contribution in [2.75, 3.05) is 5.32 Å². The Morgan fingerprint density at radius 2 is 1.96 bits per heavy atom. The molecule has 8 heteroatoms. The summed E-state index contributed by atoms with van der Waals surface area (Å²) in [5.74, 6) is -0.413. The van der Waals surface area contributed by atoms with E-state index in [0.717, 1.165) is 30.0 Å². The second kappa shape index (κ2) is 7.36. The molecule has 0 aliphatic carbocycles. The zero-order valence-corrected chi connectivity index (χ0v) is 13.0. The normalized spacial score (nSPS) is 11.8. The highest BCUT2D eigenvalue weighted by molar-refractivity contribution is 7.15. The lowest BCUT2D eigenvalue weighted by Crippen LogP contribution is -2.07. The summed E-state index contributed by atoms with van der Waals surface area (Å²) in [5.41, 5.74) is -0.228. The standard InChI is InChI=1S/C15H14F3N3OS/c1-2-3-13-20-21-14(23-13)19-12(22)9-6-10-4-7-11(8-5-10)15(16,17)18/h4-9H,2-3H2,1H3,(H,19,21,22)/b9-6+. The van der Waals surface area contributed by atoms with Gasteiger partial charge in [0.1, 0.15) is 5.01 Å². The lowest BCUT2D eigenvalue weighted by molar-refractivity contribution is -0.137. The molecule has 0 saturated carbocycles. The number of aryl methyl sites for hydroxylation is 1. The van der Waals surface area contributed by atoms with Crippen LogP contribution >= 0.6 is 11.3 Å². The maximum absolute atomic E-state index is 12.4. The molecule has 0 saturated heterocycles.